The van der Waals surface area contributed by atoms with E-state index in [1.165, 1.54) is 7.11 Å². The molecular weight excluding hydrogens is 244 g/mol. The van der Waals surface area contributed by atoms with Gasteiger partial charge in [-0.25, -0.2) is 4.79 Å². The zero-order chi connectivity index (χ0) is 10.6. The van der Waals surface area contributed by atoms with Gasteiger partial charge in [0.2, 0.25) is 0 Å². The van der Waals surface area contributed by atoms with Crippen molar-refractivity contribution in [3.05, 3.63) is 33.8 Å². The van der Waals surface area contributed by atoms with E-state index in [9.17, 15) is 4.79 Å². The van der Waals surface area contributed by atoms with Crippen molar-refractivity contribution in [3.8, 4) is 0 Å². The highest BCUT2D eigenvalue weighted by atomic mass is 79.9. The standard InChI is InChI=1S/C11H13BrO2/c1-3-4-8-7-9(12)5-6-10(8)11(13)14-2/h5-7H,3-4H2,1-2H3. The molecule has 1 rings (SSSR count). The second-order valence-corrected chi connectivity index (χ2v) is 3.96. The van der Waals surface area contributed by atoms with Gasteiger partial charge in [-0.1, -0.05) is 29.3 Å². The van der Waals surface area contributed by atoms with Crippen molar-refractivity contribution in [3.63, 3.8) is 0 Å². The average Bonchev–Trinajstić information content (AvgIpc) is 2.17. The Morgan fingerprint density at radius 2 is 2.21 bits per heavy atom. The molecule has 3 heteroatoms. The molecule has 0 unspecified atom stereocenters. The van der Waals surface area contributed by atoms with E-state index in [2.05, 4.69) is 22.9 Å². The molecule has 0 radical (unpaired) electrons. The Morgan fingerprint density at radius 1 is 1.50 bits per heavy atom. The van der Waals surface area contributed by atoms with E-state index in [1.807, 2.05) is 12.1 Å². The number of esters is 1. The molecule has 0 atom stereocenters. The molecule has 0 bridgehead atoms. The maximum absolute atomic E-state index is 11.4. The molecule has 0 aliphatic heterocycles. The van der Waals surface area contributed by atoms with Crippen molar-refractivity contribution in [1.29, 1.82) is 0 Å². The minimum Gasteiger partial charge on any atom is -0.465 e. The summed E-state index contributed by atoms with van der Waals surface area (Å²) >= 11 is 3.39. The van der Waals surface area contributed by atoms with Crippen LogP contribution < -0.4 is 0 Å². The van der Waals surface area contributed by atoms with Crippen LogP contribution in [0.2, 0.25) is 0 Å². The quantitative estimate of drug-likeness (QED) is 0.777. The molecule has 0 saturated carbocycles. The molecule has 0 fully saturated rings. The highest BCUT2D eigenvalue weighted by Crippen LogP contribution is 2.18. The van der Waals surface area contributed by atoms with Gasteiger partial charge in [-0.2, -0.15) is 0 Å². The number of carbonyl (C=O) groups excluding carboxylic acids is 1. The first-order valence-electron chi connectivity index (χ1n) is 4.55. The van der Waals surface area contributed by atoms with Crippen LogP contribution in [0.3, 0.4) is 0 Å². The summed E-state index contributed by atoms with van der Waals surface area (Å²) in [6, 6.07) is 5.61. The SMILES string of the molecule is CCCc1cc(Br)ccc1C(=O)OC. The van der Waals surface area contributed by atoms with Crippen LogP contribution in [0.1, 0.15) is 29.3 Å². The van der Waals surface area contributed by atoms with Gasteiger partial charge >= 0.3 is 5.97 Å². The van der Waals surface area contributed by atoms with Gasteiger partial charge in [0.15, 0.2) is 0 Å². The Hall–Kier alpha value is -0.830. The second-order valence-electron chi connectivity index (χ2n) is 3.04. The number of aryl methyl sites for hydroxylation is 1. The molecule has 0 aromatic heterocycles. The zero-order valence-electron chi connectivity index (χ0n) is 8.34. The smallest absolute Gasteiger partial charge is 0.338 e. The first-order valence-corrected chi connectivity index (χ1v) is 5.35. The third-order valence-corrected chi connectivity index (χ3v) is 2.49. The van der Waals surface area contributed by atoms with Gasteiger partial charge in [0.25, 0.3) is 0 Å². The molecule has 2 nitrogen and oxygen atoms in total. The highest BCUT2D eigenvalue weighted by Gasteiger charge is 2.10. The lowest BCUT2D eigenvalue weighted by atomic mass is 10.0. The number of carbonyl (C=O) groups is 1. The normalized spacial score (nSPS) is 9.93. The van der Waals surface area contributed by atoms with E-state index in [0.29, 0.717) is 5.56 Å². The number of rotatable bonds is 3. The first-order chi connectivity index (χ1) is 6.69. The average molecular weight is 257 g/mol. The lowest BCUT2D eigenvalue weighted by Crippen LogP contribution is -2.05. The molecule has 0 aliphatic carbocycles. The molecule has 1 aromatic carbocycles. The maximum atomic E-state index is 11.4. The van der Waals surface area contributed by atoms with Crippen LogP contribution in [0.15, 0.2) is 22.7 Å². The summed E-state index contributed by atoms with van der Waals surface area (Å²) in [6.45, 7) is 2.09. The minimum absolute atomic E-state index is 0.263. The van der Waals surface area contributed by atoms with Gasteiger partial charge in [0.05, 0.1) is 12.7 Å². The molecule has 0 N–H and O–H groups in total. The van der Waals surface area contributed by atoms with Gasteiger partial charge in [-0.15, -0.1) is 0 Å². The number of benzene rings is 1. The summed E-state index contributed by atoms with van der Waals surface area (Å²) < 4.78 is 5.70. The third-order valence-electron chi connectivity index (χ3n) is 1.99. The monoisotopic (exact) mass is 256 g/mol. The van der Waals surface area contributed by atoms with E-state index in [4.69, 9.17) is 4.74 Å². The van der Waals surface area contributed by atoms with Crippen LogP contribution >= 0.6 is 15.9 Å². The lowest BCUT2D eigenvalue weighted by Gasteiger charge is -2.06. The molecule has 0 heterocycles. The molecule has 0 saturated heterocycles. The first kappa shape index (κ1) is 11.2. The van der Waals surface area contributed by atoms with E-state index >= 15 is 0 Å². The number of hydrogen-bond donors (Lipinski definition) is 0. The predicted octanol–water partition coefficient (Wildman–Crippen LogP) is 3.19. The molecule has 0 spiro atoms. The van der Waals surface area contributed by atoms with Gasteiger partial charge in [0.1, 0.15) is 0 Å². The van der Waals surface area contributed by atoms with E-state index in [-0.39, 0.29) is 5.97 Å². The summed E-state index contributed by atoms with van der Waals surface area (Å²) in [5, 5.41) is 0. The Morgan fingerprint density at radius 3 is 2.79 bits per heavy atom. The van der Waals surface area contributed by atoms with Crippen LogP contribution in [-0.2, 0) is 11.2 Å². The van der Waals surface area contributed by atoms with Crippen LogP contribution in [0, 0.1) is 0 Å². The van der Waals surface area contributed by atoms with Crippen LogP contribution in [0.5, 0.6) is 0 Å². The van der Waals surface area contributed by atoms with Crippen molar-refractivity contribution < 1.29 is 9.53 Å². The lowest BCUT2D eigenvalue weighted by molar-refractivity contribution is 0.0599. The summed E-state index contributed by atoms with van der Waals surface area (Å²) in [5.41, 5.74) is 1.70. The number of ether oxygens (including phenoxy) is 1. The predicted molar refractivity (Wildman–Crippen MR) is 59.5 cm³/mol. The molecular formula is C11H13BrO2. The zero-order valence-corrected chi connectivity index (χ0v) is 9.93. The van der Waals surface area contributed by atoms with Gasteiger partial charge in [0, 0.05) is 4.47 Å². The van der Waals surface area contributed by atoms with Crippen molar-refractivity contribution in [2.45, 2.75) is 19.8 Å². The molecule has 0 aliphatic rings. The van der Waals surface area contributed by atoms with Gasteiger partial charge in [-0.3, -0.25) is 0 Å². The van der Waals surface area contributed by atoms with E-state index in [1.54, 1.807) is 6.07 Å². The minimum atomic E-state index is -0.263. The van der Waals surface area contributed by atoms with Crippen molar-refractivity contribution in [1.82, 2.24) is 0 Å². The summed E-state index contributed by atoms with van der Waals surface area (Å²) in [5.74, 6) is -0.263. The van der Waals surface area contributed by atoms with Crippen molar-refractivity contribution >= 4 is 21.9 Å². The fourth-order valence-corrected chi connectivity index (χ4v) is 1.76. The molecule has 0 amide bonds. The Balaban J connectivity index is 3.07. The number of hydrogen-bond acceptors (Lipinski definition) is 2. The number of halogens is 1. The van der Waals surface area contributed by atoms with Crippen LogP contribution in [0.4, 0.5) is 0 Å². The fraction of sp³-hybridized carbons (Fsp3) is 0.364. The number of methoxy groups -OCH3 is 1. The Labute approximate surface area is 92.4 Å². The molecule has 1 aromatic rings. The maximum Gasteiger partial charge on any atom is 0.338 e. The van der Waals surface area contributed by atoms with Crippen molar-refractivity contribution in [2.75, 3.05) is 7.11 Å². The topological polar surface area (TPSA) is 26.3 Å². The van der Waals surface area contributed by atoms with Crippen molar-refractivity contribution in [2.24, 2.45) is 0 Å². The Kier molecular flexibility index (Phi) is 4.14. The van der Waals surface area contributed by atoms with Crippen LogP contribution in [0.25, 0.3) is 0 Å². The van der Waals surface area contributed by atoms with Gasteiger partial charge < -0.3 is 4.74 Å². The summed E-state index contributed by atoms with van der Waals surface area (Å²) in [6.07, 6.45) is 1.91. The summed E-state index contributed by atoms with van der Waals surface area (Å²) in [4.78, 5) is 11.4. The largest absolute Gasteiger partial charge is 0.465 e. The van der Waals surface area contributed by atoms with E-state index in [0.717, 1.165) is 22.9 Å². The van der Waals surface area contributed by atoms with Gasteiger partial charge in [-0.05, 0) is 30.2 Å². The molecule has 14 heavy (non-hydrogen) atoms. The molecule has 76 valence electrons. The van der Waals surface area contributed by atoms with E-state index < -0.39 is 0 Å². The highest BCUT2D eigenvalue weighted by molar-refractivity contribution is 9.10. The Bertz CT molecular complexity index is 334. The fourth-order valence-electron chi connectivity index (χ4n) is 1.35. The summed E-state index contributed by atoms with van der Waals surface area (Å²) in [7, 11) is 1.40. The van der Waals surface area contributed by atoms with Crippen LogP contribution in [-0.4, -0.2) is 13.1 Å². The second kappa shape index (κ2) is 5.15. The third kappa shape index (κ3) is 2.58.